The second-order valence-electron chi connectivity index (χ2n) is 3.60. The molecule has 0 aliphatic rings. The molecule has 0 atom stereocenters. The summed E-state index contributed by atoms with van der Waals surface area (Å²) in [7, 11) is 0. The predicted octanol–water partition coefficient (Wildman–Crippen LogP) is 0.450. The Kier molecular flexibility index (Phi) is 3.10. The number of aliphatic carboxylic acids is 1. The van der Waals surface area contributed by atoms with Gasteiger partial charge in [0, 0.05) is 0 Å². The molecule has 0 bridgehead atoms. The van der Waals surface area contributed by atoms with Crippen LogP contribution in [0.5, 0.6) is 0 Å². The molecule has 0 radical (unpaired) electrons. The molecule has 0 amide bonds. The van der Waals surface area contributed by atoms with E-state index in [0.717, 1.165) is 0 Å². The predicted molar refractivity (Wildman–Crippen MR) is 63.0 cm³/mol. The van der Waals surface area contributed by atoms with E-state index >= 15 is 0 Å². The molecule has 0 aromatic carbocycles. The Morgan fingerprint density at radius 1 is 1.61 bits per heavy atom. The summed E-state index contributed by atoms with van der Waals surface area (Å²) in [6, 6.07) is 0. The first-order chi connectivity index (χ1) is 8.63. The van der Waals surface area contributed by atoms with Crippen LogP contribution in [0.25, 0.3) is 11.1 Å². The molecule has 0 saturated heterocycles. The van der Waals surface area contributed by atoms with Gasteiger partial charge in [0.15, 0.2) is 0 Å². The molecule has 7 nitrogen and oxygen atoms in total. The van der Waals surface area contributed by atoms with Crippen LogP contribution in [-0.2, 0) is 4.79 Å². The minimum Gasteiger partial charge on any atom is -0.480 e. The average Bonchev–Trinajstić information content (AvgIpc) is 2.70. The van der Waals surface area contributed by atoms with Crippen molar-refractivity contribution < 1.29 is 14.4 Å². The van der Waals surface area contributed by atoms with Gasteiger partial charge in [-0.2, -0.15) is 4.98 Å². The van der Waals surface area contributed by atoms with E-state index in [1.54, 1.807) is 6.92 Å². The van der Waals surface area contributed by atoms with Gasteiger partial charge in [-0.15, -0.1) is 6.42 Å². The standard InChI is InChI=1S/C11H10N4O3/c1-3-4-15(5-8(16)17)10-9-7(2)14-18-11(9)13-6-12-10/h1,6H,4-5H2,2H3,(H,16,17). The highest BCUT2D eigenvalue weighted by molar-refractivity contribution is 5.89. The molecule has 0 unspecified atom stereocenters. The lowest BCUT2D eigenvalue weighted by molar-refractivity contribution is -0.135. The highest BCUT2D eigenvalue weighted by Crippen LogP contribution is 2.25. The van der Waals surface area contributed by atoms with Crippen molar-refractivity contribution in [2.24, 2.45) is 0 Å². The molecule has 1 N–H and O–H groups in total. The highest BCUT2D eigenvalue weighted by Gasteiger charge is 2.18. The molecular formula is C11H10N4O3. The van der Waals surface area contributed by atoms with Crippen LogP contribution in [0, 0.1) is 19.3 Å². The lowest BCUT2D eigenvalue weighted by Crippen LogP contribution is -2.31. The normalized spacial score (nSPS) is 10.2. The third-order valence-electron chi connectivity index (χ3n) is 2.33. The Morgan fingerprint density at radius 2 is 2.39 bits per heavy atom. The maximum Gasteiger partial charge on any atom is 0.323 e. The summed E-state index contributed by atoms with van der Waals surface area (Å²) in [5.74, 6) is 1.82. The van der Waals surface area contributed by atoms with Crippen LogP contribution in [0.4, 0.5) is 5.82 Å². The van der Waals surface area contributed by atoms with Crippen molar-refractivity contribution in [3.63, 3.8) is 0 Å². The van der Waals surface area contributed by atoms with E-state index in [4.69, 9.17) is 16.1 Å². The number of hydrogen-bond acceptors (Lipinski definition) is 6. The molecule has 2 heterocycles. The van der Waals surface area contributed by atoms with Crippen LogP contribution in [0.1, 0.15) is 5.69 Å². The monoisotopic (exact) mass is 246 g/mol. The number of nitrogens with zero attached hydrogens (tertiary/aromatic N) is 4. The molecule has 7 heteroatoms. The Morgan fingerprint density at radius 3 is 3.06 bits per heavy atom. The second kappa shape index (κ2) is 4.71. The zero-order valence-corrected chi connectivity index (χ0v) is 9.62. The summed E-state index contributed by atoms with van der Waals surface area (Å²) in [5.41, 5.74) is 0.901. The summed E-state index contributed by atoms with van der Waals surface area (Å²) >= 11 is 0. The van der Waals surface area contributed by atoms with Crippen molar-refractivity contribution in [1.29, 1.82) is 0 Å². The number of anilines is 1. The minimum absolute atomic E-state index is 0.128. The number of aryl methyl sites for hydroxylation is 1. The SMILES string of the molecule is C#CCN(CC(=O)O)c1ncnc2onc(C)c12. The van der Waals surface area contributed by atoms with E-state index in [9.17, 15) is 4.79 Å². The fourth-order valence-electron chi connectivity index (χ4n) is 1.62. The van der Waals surface area contributed by atoms with Crippen molar-refractivity contribution in [2.75, 3.05) is 18.0 Å². The topological polar surface area (TPSA) is 92.4 Å². The van der Waals surface area contributed by atoms with Gasteiger partial charge in [0.25, 0.3) is 5.71 Å². The van der Waals surface area contributed by atoms with Gasteiger partial charge >= 0.3 is 5.97 Å². The molecule has 18 heavy (non-hydrogen) atoms. The van der Waals surface area contributed by atoms with E-state index in [0.29, 0.717) is 22.6 Å². The first-order valence-electron chi connectivity index (χ1n) is 5.10. The summed E-state index contributed by atoms with van der Waals surface area (Å²) in [6.45, 7) is 1.61. The molecule has 2 rings (SSSR count). The van der Waals surface area contributed by atoms with Crippen LogP contribution in [0.15, 0.2) is 10.9 Å². The van der Waals surface area contributed by atoms with Gasteiger partial charge in [-0.25, -0.2) is 4.98 Å². The quantitative estimate of drug-likeness (QED) is 0.783. The largest absolute Gasteiger partial charge is 0.480 e. The Balaban J connectivity index is 2.53. The van der Waals surface area contributed by atoms with Gasteiger partial charge < -0.3 is 14.5 Å². The van der Waals surface area contributed by atoms with E-state index < -0.39 is 5.97 Å². The highest BCUT2D eigenvalue weighted by atomic mass is 16.5. The van der Waals surface area contributed by atoms with Gasteiger partial charge in [0.2, 0.25) is 0 Å². The number of carboxylic acid groups (broad SMARTS) is 1. The smallest absolute Gasteiger partial charge is 0.323 e. The van der Waals surface area contributed by atoms with Gasteiger partial charge in [-0.05, 0) is 6.92 Å². The van der Waals surface area contributed by atoms with E-state index in [1.165, 1.54) is 11.2 Å². The molecule has 0 aliphatic heterocycles. The van der Waals surface area contributed by atoms with E-state index in [-0.39, 0.29) is 13.1 Å². The zero-order valence-electron chi connectivity index (χ0n) is 9.62. The third kappa shape index (κ3) is 2.08. The number of aromatic nitrogens is 3. The minimum atomic E-state index is -0.994. The van der Waals surface area contributed by atoms with Crippen LogP contribution < -0.4 is 4.90 Å². The molecule has 2 aromatic rings. The zero-order chi connectivity index (χ0) is 13.1. The van der Waals surface area contributed by atoms with Crippen LogP contribution in [0.3, 0.4) is 0 Å². The fourth-order valence-corrected chi connectivity index (χ4v) is 1.62. The van der Waals surface area contributed by atoms with Crippen molar-refractivity contribution >= 4 is 22.9 Å². The van der Waals surface area contributed by atoms with Crippen molar-refractivity contribution in [3.05, 3.63) is 12.0 Å². The van der Waals surface area contributed by atoms with Crippen LogP contribution in [-0.4, -0.2) is 39.3 Å². The fraction of sp³-hybridized carbons (Fsp3) is 0.273. The summed E-state index contributed by atoms with van der Waals surface area (Å²) in [5, 5.41) is 13.2. The number of carboxylic acids is 1. The Labute approximate surface area is 102 Å². The summed E-state index contributed by atoms with van der Waals surface area (Å²) < 4.78 is 5.00. The van der Waals surface area contributed by atoms with Crippen molar-refractivity contribution in [2.45, 2.75) is 6.92 Å². The number of fused-ring (bicyclic) bond motifs is 1. The third-order valence-corrected chi connectivity index (χ3v) is 2.33. The number of rotatable bonds is 4. The molecule has 2 aromatic heterocycles. The maximum absolute atomic E-state index is 10.8. The second-order valence-corrected chi connectivity index (χ2v) is 3.60. The summed E-state index contributed by atoms with van der Waals surface area (Å²) in [4.78, 5) is 20.3. The first kappa shape index (κ1) is 11.9. The number of carbonyl (C=O) groups is 1. The molecule has 0 fully saturated rings. The Hall–Kier alpha value is -2.62. The molecule has 0 saturated carbocycles. The van der Waals surface area contributed by atoms with Gasteiger partial charge in [-0.3, -0.25) is 4.79 Å². The molecule has 92 valence electrons. The maximum atomic E-state index is 10.8. The van der Waals surface area contributed by atoms with E-state index in [1.807, 2.05) is 0 Å². The lowest BCUT2D eigenvalue weighted by atomic mass is 10.3. The average molecular weight is 246 g/mol. The number of hydrogen-bond donors (Lipinski definition) is 1. The van der Waals surface area contributed by atoms with E-state index in [2.05, 4.69) is 21.0 Å². The van der Waals surface area contributed by atoms with Crippen molar-refractivity contribution in [1.82, 2.24) is 15.1 Å². The van der Waals surface area contributed by atoms with Gasteiger partial charge in [0.05, 0.1) is 12.2 Å². The van der Waals surface area contributed by atoms with Gasteiger partial charge in [-0.1, -0.05) is 11.1 Å². The van der Waals surface area contributed by atoms with Gasteiger partial charge in [0.1, 0.15) is 24.1 Å². The molecular weight excluding hydrogens is 236 g/mol. The summed E-state index contributed by atoms with van der Waals surface area (Å²) in [6.07, 6.45) is 6.52. The first-order valence-corrected chi connectivity index (χ1v) is 5.10. The number of terminal acetylenes is 1. The van der Waals surface area contributed by atoms with Crippen molar-refractivity contribution in [3.8, 4) is 12.3 Å². The molecule has 0 spiro atoms. The lowest BCUT2D eigenvalue weighted by Gasteiger charge is -2.18. The van der Waals surface area contributed by atoms with Crippen LogP contribution >= 0.6 is 0 Å². The Bertz CT molecular complexity index is 629. The van der Waals surface area contributed by atoms with Crippen LogP contribution in [0.2, 0.25) is 0 Å². The molecule has 0 aliphatic carbocycles.